The van der Waals surface area contributed by atoms with Crippen LogP contribution >= 0.6 is 11.6 Å². The van der Waals surface area contributed by atoms with Gasteiger partial charge in [0.05, 0.1) is 37.1 Å². The highest BCUT2D eigenvalue weighted by Crippen LogP contribution is 2.30. The second-order valence-corrected chi connectivity index (χ2v) is 8.05. The molecular weight excluding hydrogens is 405 g/mol. The van der Waals surface area contributed by atoms with Crippen LogP contribution in [-0.2, 0) is 22.4 Å². The van der Waals surface area contributed by atoms with E-state index >= 15 is 0 Å². The van der Waals surface area contributed by atoms with Gasteiger partial charge in [0.2, 0.25) is 0 Å². The molecule has 2 aliphatic heterocycles. The Morgan fingerprint density at radius 1 is 1.13 bits per heavy atom. The number of rotatable bonds is 7. The zero-order valence-electron chi connectivity index (χ0n) is 17.2. The third-order valence-electron chi connectivity index (χ3n) is 5.55. The number of nitrogens with one attached hydrogen (secondary N) is 1. The molecule has 0 aliphatic carbocycles. The Morgan fingerprint density at radius 3 is 2.63 bits per heavy atom. The average molecular weight is 432 g/mol. The topological polar surface area (TPSA) is 37.0 Å². The summed E-state index contributed by atoms with van der Waals surface area (Å²) in [6, 6.07) is 13.0. The third kappa shape index (κ3) is 4.95. The molecule has 4 rings (SSSR count). The van der Waals surface area contributed by atoms with Crippen LogP contribution in [0.3, 0.4) is 0 Å². The van der Waals surface area contributed by atoms with Crippen LogP contribution in [0.1, 0.15) is 11.1 Å². The number of methoxy groups -OCH3 is 1. The van der Waals surface area contributed by atoms with Crippen molar-refractivity contribution in [3.63, 3.8) is 0 Å². The fourth-order valence-electron chi connectivity index (χ4n) is 3.96. The van der Waals surface area contributed by atoms with Crippen molar-refractivity contribution in [2.24, 2.45) is 0 Å². The summed E-state index contributed by atoms with van der Waals surface area (Å²) in [7, 11) is 1.70. The van der Waals surface area contributed by atoms with Crippen molar-refractivity contribution in [3.8, 4) is 0 Å². The van der Waals surface area contributed by atoms with Gasteiger partial charge in [-0.2, -0.15) is 0 Å². The Labute approximate surface area is 182 Å². The monoisotopic (exact) mass is 431 g/mol. The van der Waals surface area contributed by atoms with E-state index in [0.717, 1.165) is 50.7 Å². The summed E-state index contributed by atoms with van der Waals surface area (Å²) in [6.45, 7) is 5.59. The van der Waals surface area contributed by atoms with Gasteiger partial charge in [0, 0.05) is 38.9 Å². The van der Waals surface area contributed by atoms with Crippen LogP contribution in [-0.4, -0.2) is 51.5 Å². The number of hydrazine groups is 1. The van der Waals surface area contributed by atoms with E-state index < -0.39 is 0 Å². The van der Waals surface area contributed by atoms with Gasteiger partial charge < -0.3 is 14.9 Å². The quantitative estimate of drug-likeness (QED) is 0.722. The number of allylic oxidation sites excluding steroid dienone is 1. The molecule has 1 N–H and O–H groups in total. The summed E-state index contributed by atoms with van der Waals surface area (Å²) in [6.07, 6.45) is 0.772. The zero-order chi connectivity index (χ0) is 20.9. The van der Waals surface area contributed by atoms with Gasteiger partial charge in [-0.15, -0.1) is 0 Å². The van der Waals surface area contributed by atoms with Crippen LogP contribution < -0.4 is 10.4 Å². The second kappa shape index (κ2) is 9.79. The minimum Gasteiger partial charge on any atom is -0.380 e. The molecule has 2 aromatic carbocycles. The van der Waals surface area contributed by atoms with Gasteiger partial charge in [-0.3, -0.25) is 9.91 Å². The van der Waals surface area contributed by atoms with E-state index in [9.17, 15) is 4.39 Å². The number of anilines is 1. The van der Waals surface area contributed by atoms with Crippen molar-refractivity contribution in [3.05, 3.63) is 75.7 Å². The Morgan fingerprint density at radius 2 is 1.90 bits per heavy atom. The van der Waals surface area contributed by atoms with Crippen LogP contribution in [0.5, 0.6) is 0 Å². The first-order chi connectivity index (χ1) is 14.6. The first-order valence-electron chi connectivity index (χ1n) is 10.2. The van der Waals surface area contributed by atoms with E-state index in [1.54, 1.807) is 13.2 Å². The smallest absolute Gasteiger partial charge is 0.124 e. The van der Waals surface area contributed by atoms with Crippen molar-refractivity contribution in [1.29, 1.82) is 0 Å². The van der Waals surface area contributed by atoms with Crippen LogP contribution in [0.15, 0.2) is 53.7 Å². The van der Waals surface area contributed by atoms with Gasteiger partial charge >= 0.3 is 0 Å². The van der Waals surface area contributed by atoms with Gasteiger partial charge in [0.1, 0.15) is 5.82 Å². The number of hydrogen-bond acceptors (Lipinski definition) is 5. The molecule has 0 bridgehead atoms. The van der Waals surface area contributed by atoms with Crippen LogP contribution in [0.25, 0.3) is 0 Å². The number of nitrogens with zero attached hydrogens (tertiary/aromatic N) is 2. The maximum absolute atomic E-state index is 13.5. The number of morpholine rings is 1. The summed E-state index contributed by atoms with van der Waals surface area (Å²) in [4.78, 5) is 2.43. The average Bonchev–Trinajstić information content (AvgIpc) is 3.12. The molecule has 30 heavy (non-hydrogen) atoms. The lowest BCUT2D eigenvalue weighted by molar-refractivity contribution is 0.0341. The molecule has 0 spiro atoms. The van der Waals surface area contributed by atoms with Gasteiger partial charge in [-0.1, -0.05) is 35.9 Å². The highest BCUT2D eigenvalue weighted by atomic mass is 35.5. The zero-order valence-corrected chi connectivity index (χ0v) is 17.9. The molecule has 0 unspecified atom stereocenters. The van der Waals surface area contributed by atoms with E-state index in [0.29, 0.717) is 18.2 Å². The van der Waals surface area contributed by atoms with Crippen molar-refractivity contribution < 1.29 is 13.9 Å². The molecule has 5 nitrogen and oxygen atoms in total. The molecule has 2 aliphatic rings. The molecule has 1 fully saturated rings. The molecule has 160 valence electrons. The highest BCUT2D eigenvalue weighted by Gasteiger charge is 2.24. The van der Waals surface area contributed by atoms with Crippen molar-refractivity contribution in [2.45, 2.75) is 13.0 Å². The maximum Gasteiger partial charge on any atom is 0.124 e. The van der Waals surface area contributed by atoms with Crippen molar-refractivity contribution >= 4 is 17.3 Å². The first-order valence-corrected chi connectivity index (χ1v) is 10.6. The fourth-order valence-corrected chi connectivity index (χ4v) is 4.23. The summed E-state index contributed by atoms with van der Waals surface area (Å²) in [5, 5.41) is 2.34. The predicted octanol–water partition coefficient (Wildman–Crippen LogP) is 3.78. The summed E-state index contributed by atoms with van der Waals surface area (Å²) in [5.41, 5.74) is 9.10. The van der Waals surface area contributed by atoms with Gasteiger partial charge in [0.25, 0.3) is 0 Å². The predicted molar refractivity (Wildman–Crippen MR) is 117 cm³/mol. The summed E-state index contributed by atoms with van der Waals surface area (Å²) >= 11 is 6.29. The molecule has 2 heterocycles. The van der Waals surface area contributed by atoms with E-state index in [2.05, 4.69) is 34.6 Å². The number of hydrogen-bond donors (Lipinski definition) is 1. The third-order valence-corrected chi connectivity index (χ3v) is 5.85. The van der Waals surface area contributed by atoms with Gasteiger partial charge in [0.15, 0.2) is 0 Å². The highest BCUT2D eigenvalue weighted by molar-refractivity contribution is 6.33. The lowest BCUT2D eigenvalue weighted by atomic mass is 10.0. The number of benzene rings is 2. The van der Waals surface area contributed by atoms with Crippen LogP contribution in [0.4, 0.5) is 10.1 Å². The maximum atomic E-state index is 13.5. The molecule has 0 amide bonds. The lowest BCUT2D eigenvalue weighted by Crippen LogP contribution is -2.36. The summed E-state index contributed by atoms with van der Waals surface area (Å²) in [5.74, 6) is -0.342. The van der Waals surface area contributed by atoms with Crippen molar-refractivity contribution in [2.75, 3.05) is 51.6 Å². The minimum atomic E-state index is -0.342. The molecular formula is C23H27ClFN3O2. The minimum absolute atomic E-state index is 0.342. The Hall–Kier alpha value is -2.12. The Kier molecular flexibility index (Phi) is 6.89. The van der Waals surface area contributed by atoms with Gasteiger partial charge in [-0.25, -0.2) is 4.39 Å². The fraction of sp³-hybridized carbons (Fsp3) is 0.391. The van der Waals surface area contributed by atoms with E-state index in [1.165, 1.54) is 28.8 Å². The molecule has 0 radical (unpaired) electrons. The molecule has 2 aromatic rings. The Balaban J connectivity index is 1.53. The molecule has 0 atom stereocenters. The van der Waals surface area contributed by atoms with Crippen molar-refractivity contribution in [1.82, 2.24) is 10.3 Å². The van der Waals surface area contributed by atoms with E-state index in [-0.39, 0.29) is 5.82 Å². The Bertz CT molecular complexity index is 915. The molecule has 1 saturated heterocycles. The SMILES string of the molecule is COCC1=C(Cc2ccccc2CN2CCOCC2)NN(c2ccc(F)cc2Cl)C1. The summed E-state index contributed by atoms with van der Waals surface area (Å²) < 4.78 is 24.4. The van der Waals surface area contributed by atoms with Crippen LogP contribution in [0.2, 0.25) is 5.02 Å². The molecule has 7 heteroatoms. The molecule has 0 saturated carbocycles. The van der Waals surface area contributed by atoms with Gasteiger partial charge in [-0.05, 0) is 34.9 Å². The van der Waals surface area contributed by atoms with E-state index in [4.69, 9.17) is 21.1 Å². The number of halogens is 2. The second-order valence-electron chi connectivity index (χ2n) is 7.64. The lowest BCUT2D eigenvalue weighted by Gasteiger charge is -2.27. The van der Waals surface area contributed by atoms with E-state index in [1.807, 2.05) is 5.01 Å². The standard InChI is InChI=1S/C23H27ClFN3O2/c1-29-16-19-15-28(23-7-6-20(25)13-21(23)24)26-22(19)12-17-4-2-3-5-18(17)14-27-8-10-30-11-9-27/h2-7,13,26H,8-12,14-16H2,1H3. The normalized spacial score (nSPS) is 17.5. The molecule has 0 aromatic heterocycles. The largest absolute Gasteiger partial charge is 0.380 e. The van der Waals surface area contributed by atoms with Crippen LogP contribution in [0, 0.1) is 5.82 Å². The first kappa shape index (κ1) is 21.1. The number of ether oxygens (including phenoxy) is 2.